The van der Waals surface area contributed by atoms with Crippen molar-refractivity contribution in [3.63, 3.8) is 0 Å². The summed E-state index contributed by atoms with van der Waals surface area (Å²) >= 11 is 0. The fourth-order valence-electron chi connectivity index (χ4n) is 2.63. The van der Waals surface area contributed by atoms with Crippen LogP contribution in [0.5, 0.6) is 0 Å². The number of carbonyl (C=O) groups is 3. The summed E-state index contributed by atoms with van der Waals surface area (Å²) in [5.41, 5.74) is 2.48. The van der Waals surface area contributed by atoms with Crippen LogP contribution in [-0.2, 0) is 14.3 Å². The smallest absolute Gasteiger partial charge is 0.339 e. The van der Waals surface area contributed by atoms with Gasteiger partial charge in [-0.2, -0.15) is 0 Å². The fourth-order valence-corrected chi connectivity index (χ4v) is 2.63. The highest BCUT2D eigenvalue weighted by Gasteiger charge is 2.16. The molecule has 142 valence electrons. The molecule has 2 amide bonds. The fraction of sp³-hybridized carbons (Fsp3) is 0.143. The molecule has 7 nitrogen and oxygen atoms in total. The van der Waals surface area contributed by atoms with Crippen LogP contribution >= 0.6 is 0 Å². The van der Waals surface area contributed by atoms with Gasteiger partial charge in [0, 0.05) is 18.0 Å². The number of amides is 2. The number of benzene rings is 2. The third-order valence-electron chi connectivity index (χ3n) is 4.06. The lowest BCUT2D eigenvalue weighted by Gasteiger charge is -2.10. The Kier molecular flexibility index (Phi) is 5.96. The van der Waals surface area contributed by atoms with E-state index < -0.39 is 18.5 Å². The number of pyridine rings is 1. The number of nitrogens with zero attached hydrogens (tertiary/aromatic N) is 1. The lowest BCUT2D eigenvalue weighted by atomic mass is 10.0. The van der Waals surface area contributed by atoms with Crippen LogP contribution in [0.3, 0.4) is 0 Å². The third kappa shape index (κ3) is 4.50. The molecule has 0 aliphatic rings. The quantitative estimate of drug-likeness (QED) is 0.640. The van der Waals surface area contributed by atoms with Crippen molar-refractivity contribution in [1.29, 1.82) is 0 Å². The summed E-state index contributed by atoms with van der Waals surface area (Å²) in [4.78, 5) is 40.2. The number of ether oxygens (including phenoxy) is 1. The number of carbonyl (C=O) groups excluding carboxylic acids is 3. The van der Waals surface area contributed by atoms with Gasteiger partial charge in [0.2, 0.25) is 5.91 Å². The number of fused-ring (bicyclic) bond motifs is 1. The van der Waals surface area contributed by atoms with Crippen molar-refractivity contribution in [1.82, 2.24) is 15.6 Å². The molecule has 7 heteroatoms. The van der Waals surface area contributed by atoms with Gasteiger partial charge in [-0.05, 0) is 12.1 Å². The van der Waals surface area contributed by atoms with Crippen molar-refractivity contribution >= 4 is 28.7 Å². The second-order valence-electron chi connectivity index (χ2n) is 5.96. The van der Waals surface area contributed by atoms with Crippen LogP contribution in [-0.4, -0.2) is 43.0 Å². The van der Waals surface area contributed by atoms with Gasteiger partial charge in [-0.25, -0.2) is 9.78 Å². The average molecular weight is 377 g/mol. The number of esters is 1. The number of hydrogen-bond donors (Lipinski definition) is 2. The maximum absolute atomic E-state index is 12.6. The molecule has 0 saturated carbocycles. The number of rotatable bonds is 6. The summed E-state index contributed by atoms with van der Waals surface area (Å²) < 4.78 is 5.14. The summed E-state index contributed by atoms with van der Waals surface area (Å²) in [6.07, 6.45) is 0. The zero-order valence-electron chi connectivity index (χ0n) is 15.3. The van der Waals surface area contributed by atoms with Crippen LogP contribution in [0.2, 0.25) is 0 Å². The minimum atomic E-state index is -0.633. The van der Waals surface area contributed by atoms with Crippen molar-refractivity contribution < 1.29 is 19.1 Å². The Morgan fingerprint density at radius 2 is 1.68 bits per heavy atom. The molecule has 0 saturated heterocycles. The molecule has 2 aromatic carbocycles. The first-order chi connectivity index (χ1) is 13.6. The molecule has 0 radical (unpaired) electrons. The molecule has 0 spiro atoms. The Bertz CT molecular complexity index is 1020. The van der Waals surface area contributed by atoms with Crippen molar-refractivity contribution in [2.75, 3.05) is 20.2 Å². The predicted octanol–water partition coefficient (Wildman–Crippen LogP) is 1.92. The molecule has 0 unspecified atom stereocenters. The standard InChI is InChI=1S/C21H19N3O4/c1-22-19(25)12-23-20(26)13-28-21(27)16-11-18(14-7-3-2-4-8-14)24-17-10-6-5-9-15(16)17/h2-11H,12-13H2,1H3,(H,22,25)(H,23,26). The van der Waals surface area contributed by atoms with Gasteiger partial charge in [0.1, 0.15) is 0 Å². The molecule has 3 rings (SSSR count). The number of likely N-dealkylation sites (N-methyl/N-ethyl adjacent to an activating group) is 1. The molecule has 2 N–H and O–H groups in total. The Morgan fingerprint density at radius 1 is 0.964 bits per heavy atom. The van der Waals surface area contributed by atoms with Crippen LogP contribution in [0, 0.1) is 0 Å². The SMILES string of the molecule is CNC(=O)CNC(=O)COC(=O)c1cc(-c2ccccc2)nc2ccccc12. The predicted molar refractivity (Wildman–Crippen MR) is 105 cm³/mol. The number of hydrogen-bond acceptors (Lipinski definition) is 5. The lowest BCUT2D eigenvalue weighted by Crippen LogP contribution is -2.37. The minimum Gasteiger partial charge on any atom is -0.452 e. The molecule has 0 atom stereocenters. The van der Waals surface area contributed by atoms with E-state index in [1.807, 2.05) is 42.5 Å². The van der Waals surface area contributed by atoms with Gasteiger partial charge in [0.15, 0.2) is 6.61 Å². The molecule has 3 aromatic rings. The van der Waals surface area contributed by atoms with Crippen LogP contribution in [0.15, 0.2) is 60.7 Å². The molecular weight excluding hydrogens is 358 g/mol. The largest absolute Gasteiger partial charge is 0.452 e. The van der Waals surface area contributed by atoms with Gasteiger partial charge in [-0.3, -0.25) is 9.59 Å². The van der Waals surface area contributed by atoms with Crippen molar-refractivity contribution in [2.45, 2.75) is 0 Å². The van der Waals surface area contributed by atoms with E-state index in [0.717, 1.165) is 5.56 Å². The zero-order valence-corrected chi connectivity index (χ0v) is 15.3. The first-order valence-electron chi connectivity index (χ1n) is 8.68. The molecular formula is C21H19N3O4. The highest BCUT2D eigenvalue weighted by Crippen LogP contribution is 2.25. The van der Waals surface area contributed by atoms with E-state index >= 15 is 0 Å². The molecule has 28 heavy (non-hydrogen) atoms. The summed E-state index contributed by atoms with van der Waals surface area (Å²) in [5, 5.41) is 5.40. The molecule has 1 aromatic heterocycles. The van der Waals surface area contributed by atoms with Crippen LogP contribution in [0.25, 0.3) is 22.2 Å². The van der Waals surface area contributed by atoms with Gasteiger partial charge >= 0.3 is 5.97 Å². The highest BCUT2D eigenvalue weighted by atomic mass is 16.5. The first-order valence-corrected chi connectivity index (χ1v) is 8.68. The van der Waals surface area contributed by atoms with Crippen molar-refractivity contribution in [2.24, 2.45) is 0 Å². The maximum atomic E-state index is 12.6. The lowest BCUT2D eigenvalue weighted by molar-refractivity contribution is -0.127. The van der Waals surface area contributed by atoms with Gasteiger partial charge < -0.3 is 15.4 Å². The Hall–Kier alpha value is -3.74. The van der Waals surface area contributed by atoms with Gasteiger partial charge in [-0.15, -0.1) is 0 Å². The van der Waals surface area contributed by atoms with Gasteiger partial charge in [0.05, 0.1) is 23.3 Å². The van der Waals surface area contributed by atoms with Crippen molar-refractivity contribution in [3.8, 4) is 11.3 Å². The summed E-state index contributed by atoms with van der Waals surface area (Å²) in [6, 6.07) is 18.4. The van der Waals surface area contributed by atoms with Gasteiger partial charge in [-0.1, -0.05) is 48.5 Å². The Morgan fingerprint density at radius 3 is 2.43 bits per heavy atom. The van der Waals surface area contributed by atoms with Crippen LogP contribution in [0.4, 0.5) is 0 Å². The normalized spacial score (nSPS) is 10.3. The topological polar surface area (TPSA) is 97.4 Å². The average Bonchev–Trinajstić information content (AvgIpc) is 2.75. The Balaban J connectivity index is 1.82. The molecule has 1 heterocycles. The molecule has 0 aliphatic carbocycles. The van der Waals surface area contributed by atoms with Crippen LogP contribution < -0.4 is 10.6 Å². The van der Waals surface area contributed by atoms with Crippen molar-refractivity contribution in [3.05, 3.63) is 66.2 Å². The van der Waals surface area contributed by atoms with Gasteiger partial charge in [0.25, 0.3) is 5.91 Å². The number of aromatic nitrogens is 1. The number of nitrogens with one attached hydrogen (secondary N) is 2. The third-order valence-corrected chi connectivity index (χ3v) is 4.06. The number of para-hydroxylation sites is 1. The molecule has 0 aliphatic heterocycles. The van der Waals surface area contributed by atoms with E-state index in [2.05, 4.69) is 15.6 Å². The zero-order chi connectivity index (χ0) is 19.9. The summed E-state index contributed by atoms with van der Waals surface area (Å²) in [6.45, 7) is -0.656. The first kappa shape index (κ1) is 19.0. The van der Waals surface area contributed by atoms with E-state index in [9.17, 15) is 14.4 Å². The van der Waals surface area contributed by atoms with E-state index in [1.54, 1.807) is 18.2 Å². The van der Waals surface area contributed by atoms with E-state index in [1.165, 1.54) is 7.05 Å². The summed E-state index contributed by atoms with van der Waals surface area (Å²) in [5.74, 6) is -1.53. The van der Waals surface area contributed by atoms with E-state index in [0.29, 0.717) is 22.2 Å². The summed E-state index contributed by atoms with van der Waals surface area (Å²) in [7, 11) is 1.47. The monoisotopic (exact) mass is 377 g/mol. The highest BCUT2D eigenvalue weighted by molar-refractivity contribution is 6.05. The minimum absolute atomic E-state index is 0.177. The molecule has 0 bridgehead atoms. The van der Waals surface area contributed by atoms with E-state index in [-0.39, 0.29) is 12.5 Å². The van der Waals surface area contributed by atoms with E-state index in [4.69, 9.17) is 4.74 Å². The second kappa shape index (κ2) is 8.77. The Labute approximate surface area is 161 Å². The second-order valence-corrected chi connectivity index (χ2v) is 5.96. The maximum Gasteiger partial charge on any atom is 0.339 e. The van der Waals surface area contributed by atoms with Crippen LogP contribution in [0.1, 0.15) is 10.4 Å². The molecule has 0 fully saturated rings.